The molecule has 21 heavy (non-hydrogen) atoms. The smallest absolute Gasteiger partial charge is 0.333 e. The van der Waals surface area contributed by atoms with Crippen LogP contribution >= 0.6 is 0 Å². The summed E-state index contributed by atoms with van der Waals surface area (Å²) < 4.78 is 1.58. The molecule has 0 radical (unpaired) electrons. The van der Waals surface area contributed by atoms with Gasteiger partial charge in [-0.3, -0.25) is 14.9 Å². The first-order valence-electron chi connectivity index (χ1n) is 6.89. The van der Waals surface area contributed by atoms with E-state index in [1.807, 2.05) is 20.8 Å². The largest absolute Gasteiger partial charge is 0.481 e. The number of rotatable bonds is 8. The summed E-state index contributed by atoms with van der Waals surface area (Å²) in [6.07, 6.45) is 1.15. The molecule has 1 aromatic rings. The number of anilines is 1. The van der Waals surface area contributed by atoms with Crippen molar-refractivity contribution in [2.24, 2.45) is 0 Å². The van der Waals surface area contributed by atoms with Crippen molar-refractivity contribution < 1.29 is 14.8 Å². The third-order valence-electron chi connectivity index (χ3n) is 3.13. The number of carboxylic acids is 1. The van der Waals surface area contributed by atoms with Crippen LogP contribution in [0.4, 0.5) is 11.5 Å². The van der Waals surface area contributed by atoms with Crippen LogP contribution in [0.25, 0.3) is 0 Å². The number of nitrogens with one attached hydrogen (secondary N) is 1. The first-order valence-corrected chi connectivity index (χ1v) is 6.89. The minimum absolute atomic E-state index is 0.00526. The van der Waals surface area contributed by atoms with Crippen LogP contribution < -0.4 is 5.32 Å². The molecule has 0 aliphatic rings. The number of carbonyl (C=O) groups is 1. The number of aliphatic carboxylic acids is 1. The lowest BCUT2D eigenvalue weighted by Crippen LogP contribution is -2.33. The van der Waals surface area contributed by atoms with Crippen LogP contribution in [0, 0.1) is 17.0 Å². The number of aromatic nitrogens is 2. The van der Waals surface area contributed by atoms with Gasteiger partial charge in [-0.25, -0.2) is 4.68 Å². The Kier molecular flexibility index (Phi) is 5.28. The average Bonchev–Trinajstić information content (AvgIpc) is 2.63. The molecule has 2 N–H and O–H groups in total. The molecule has 0 bridgehead atoms. The summed E-state index contributed by atoms with van der Waals surface area (Å²) in [4.78, 5) is 21.5. The number of nitrogens with zero attached hydrogens (tertiary/aromatic N) is 3. The summed E-state index contributed by atoms with van der Waals surface area (Å²) in [7, 11) is 0. The Hall–Kier alpha value is -2.12. The fourth-order valence-electron chi connectivity index (χ4n) is 2.09. The highest BCUT2D eigenvalue weighted by Crippen LogP contribution is 2.31. The summed E-state index contributed by atoms with van der Waals surface area (Å²) in [5.41, 5.74) is -0.280. The van der Waals surface area contributed by atoms with E-state index >= 15 is 0 Å². The van der Waals surface area contributed by atoms with Crippen LogP contribution in [0.3, 0.4) is 0 Å². The molecule has 1 heterocycles. The monoisotopic (exact) mass is 298 g/mol. The van der Waals surface area contributed by atoms with Crippen LogP contribution in [0.1, 0.15) is 45.7 Å². The van der Waals surface area contributed by atoms with Crippen molar-refractivity contribution in [3.8, 4) is 0 Å². The molecule has 1 aromatic heterocycles. The molecule has 118 valence electrons. The van der Waals surface area contributed by atoms with Gasteiger partial charge in [0, 0.05) is 18.5 Å². The highest BCUT2D eigenvalue weighted by atomic mass is 16.6. The Balaban J connectivity index is 3.09. The van der Waals surface area contributed by atoms with Crippen LogP contribution in [0.15, 0.2) is 0 Å². The molecular formula is C13H22N4O4. The first-order chi connectivity index (χ1) is 9.68. The fourth-order valence-corrected chi connectivity index (χ4v) is 2.09. The van der Waals surface area contributed by atoms with E-state index in [0.29, 0.717) is 24.5 Å². The van der Waals surface area contributed by atoms with Gasteiger partial charge in [0.05, 0.1) is 4.92 Å². The van der Waals surface area contributed by atoms with Crippen LogP contribution in [0.2, 0.25) is 0 Å². The molecule has 8 heteroatoms. The minimum atomic E-state index is -0.891. The molecule has 0 atom stereocenters. The van der Waals surface area contributed by atoms with Crippen LogP contribution in [0.5, 0.6) is 0 Å². The second-order valence-electron chi connectivity index (χ2n) is 5.67. The lowest BCUT2D eigenvalue weighted by Gasteiger charge is -2.26. The van der Waals surface area contributed by atoms with Crippen molar-refractivity contribution in [1.29, 1.82) is 0 Å². The van der Waals surface area contributed by atoms with Crippen molar-refractivity contribution in [3.05, 3.63) is 15.8 Å². The standard InChI is InChI=1S/C13H22N4O4/c1-5-8-16-12(11(17(20)21)9(2)15-16)14-13(3,4)7-6-10(18)19/h14H,5-8H2,1-4H3,(H,18,19). The van der Waals surface area contributed by atoms with Crippen LogP contribution in [-0.2, 0) is 11.3 Å². The molecule has 0 aromatic carbocycles. The fraction of sp³-hybridized carbons (Fsp3) is 0.692. The normalized spacial score (nSPS) is 11.4. The van der Waals surface area contributed by atoms with E-state index in [4.69, 9.17) is 5.11 Å². The minimum Gasteiger partial charge on any atom is -0.481 e. The lowest BCUT2D eigenvalue weighted by molar-refractivity contribution is -0.384. The second-order valence-corrected chi connectivity index (χ2v) is 5.67. The summed E-state index contributed by atoms with van der Waals surface area (Å²) in [6, 6.07) is 0. The van der Waals surface area contributed by atoms with E-state index in [2.05, 4.69) is 10.4 Å². The molecule has 0 aliphatic carbocycles. The molecule has 1 rings (SSSR count). The highest BCUT2D eigenvalue weighted by Gasteiger charge is 2.29. The van der Waals surface area contributed by atoms with Gasteiger partial charge in [0.1, 0.15) is 5.69 Å². The quantitative estimate of drug-likeness (QED) is 0.563. The van der Waals surface area contributed by atoms with E-state index in [0.717, 1.165) is 6.42 Å². The molecule has 0 aliphatic heterocycles. The van der Waals surface area contributed by atoms with Gasteiger partial charge in [-0.1, -0.05) is 6.92 Å². The first kappa shape index (κ1) is 16.9. The molecule has 0 spiro atoms. The molecule has 0 saturated heterocycles. The van der Waals surface area contributed by atoms with Crippen molar-refractivity contribution >= 4 is 17.5 Å². The number of carboxylic acid groups (broad SMARTS) is 1. The van der Waals surface area contributed by atoms with Gasteiger partial charge < -0.3 is 10.4 Å². The number of hydrogen-bond donors (Lipinski definition) is 2. The summed E-state index contributed by atoms with van der Waals surface area (Å²) in [5, 5.41) is 27.3. The Morgan fingerprint density at radius 2 is 2.14 bits per heavy atom. The van der Waals surface area contributed by atoms with E-state index in [1.165, 1.54) is 0 Å². The van der Waals surface area contributed by atoms with E-state index in [1.54, 1.807) is 11.6 Å². The topological polar surface area (TPSA) is 110 Å². The maximum Gasteiger partial charge on any atom is 0.333 e. The molecule has 0 unspecified atom stereocenters. The summed E-state index contributed by atoms with van der Waals surface area (Å²) >= 11 is 0. The van der Waals surface area contributed by atoms with Gasteiger partial charge in [0.25, 0.3) is 0 Å². The summed E-state index contributed by atoms with van der Waals surface area (Å²) in [5.74, 6) is -0.549. The molecular weight excluding hydrogens is 276 g/mol. The molecule has 0 fully saturated rings. The highest BCUT2D eigenvalue weighted by molar-refractivity contribution is 5.67. The third kappa shape index (κ3) is 4.44. The Morgan fingerprint density at radius 1 is 1.52 bits per heavy atom. The molecule has 0 saturated carbocycles. The predicted octanol–water partition coefficient (Wildman–Crippen LogP) is 2.57. The van der Waals surface area contributed by atoms with Gasteiger partial charge in [0.15, 0.2) is 0 Å². The Labute approximate surface area is 123 Å². The Bertz CT molecular complexity index is 537. The summed E-state index contributed by atoms with van der Waals surface area (Å²) in [6.45, 7) is 7.75. The average molecular weight is 298 g/mol. The zero-order valence-electron chi connectivity index (χ0n) is 12.8. The molecule has 8 nitrogen and oxygen atoms in total. The van der Waals surface area contributed by atoms with Gasteiger partial charge in [-0.15, -0.1) is 0 Å². The maximum absolute atomic E-state index is 11.2. The zero-order valence-corrected chi connectivity index (χ0v) is 12.8. The maximum atomic E-state index is 11.2. The van der Waals surface area contributed by atoms with Crippen molar-refractivity contribution in [2.45, 2.75) is 59.0 Å². The van der Waals surface area contributed by atoms with Gasteiger partial charge >= 0.3 is 11.7 Å². The van der Waals surface area contributed by atoms with Crippen molar-refractivity contribution in [1.82, 2.24) is 9.78 Å². The van der Waals surface area contributed by atoms with E-state index < -0.39 is 16.4 Å². The number of aryl methyl sites for hydroxylation is 2. The zero-order chi connectivity index (χ0) is 16.2. The number of hydrogen-bond acceptors (Lipinski definition) is 5. The van der Waals surface area contributed by atoms with Gasteiger partial charge in [-0.05, 0) is 33.6 Å². The second kappa shape index (κ2) is 6.55. The predicted molar refractivity (Wildman–Crippen MR) is 78.5 cm³/mol. The van der Waals surface area contributed by atoms with Crippen LogP contribution in [-0.4, -0.2) is 31.3 Å². The SMILES string of the molecule is CCCn1nc(C)c([N+](=O)[O-])c1NC(C)(C)CCC(=O)O. The van der Waals surface area contributed by atoms with Crippen molar-refractivity contribution in [3.63, 3.8) is 0 Å². The lowest BCUT2D eigenvalue weighted by atomic mass is 9.98. The number of nitro groups is 1. The Morgan fingerprint density at radius 3 is 2.62 bits per heavy atom. The third-order valence-corrected chi connectivity index (χ3v) is 3.13. The van der Waals surface area contributed by atoms with Gasteiger partial charge in [0.2, 0.25) is 5.82 Å². The van der Waals surface area contributed by atoms with E-state index in [-0.39, 0.29) is 12.1 Å². The molecule has 0 amide bonds. The van der Waals surface area contributed by atoms with E-state index in [9.17, 15) is 14.9 Å². The van der Waals surface area contributed by atoms with Crippen molar-refractivity contribution in [2.75, 3.05) is 5.32 Å². The van der Waals surface area contributed by atoms with Gasteiger partial charge in [-0.2, -0.15) is 5.10 Å².